The first-order valence-electron chi connectivity index (χ1n) is 9.89. The standard InChI is InChI=1S/C23H24Cl2N2O4S/c1-5-31-22(28)19-13(2)26-23(27-21(19)16-7-6-8-17(24)20(16)25)32-12-14-11-15(29-3)9-10-18(14)30-4/h6-11,21H,5,12H2,1-4H3,(H,26,27)/t21-/m1/s1. The van der Waals surface area contributed by atoms with Gasteiger partial charge >= 0.3 is 5.97 Å². The number of esters is 1. The van der Waals surface area contributed by atoms with Crippen LogP contribution in [0.2, 0.25) is 10.0 Å². The number of allylic oxidation sites excluding steroid dienone is 1. The molecule has 9 heteroatoms. The van der Waals surface area contributed by atoms with Gasteiger partial charge in [0.15, 0.2) is 5.17 Å². The maximum absolute atomic E-state index is 12.7. The van der Waals surface area contributed by atoms with Crippen LogP contribution in [-0.2, 0) is 15.3 Å². The number of thioether (sulfide) groups is 1. The van der Waals surface area contributed by atoms with Crippen LogP contribution >= 0.6 is 35.0 Å². The van der Waals surface area contributed by atoms with Gasteiger partial charge in [0, 0.05) is 22.6 Å². The molecule has 0 aliphatic carbocycles. The normalized spacial score (nSPS) is 15.7. The molecular formula is C23H24Cl2N2O4S. The van der Waals surface area contributed by atoms with Crippen molar-refractivity contribution in [2.45, 2.75) is 25.6 Å². The Morgan fingerprint density at radius 1 is 1.19 bits per heavy atom. The number of nitrogens with zero attached hydrogens (tertiary/aromatic N) is 1. The molecule has 1 aliphatic rings. The highest BCUT2D eigenvalue weighted by molar-refractivity contribution is 8.13. The fraction of sp³-hybridized carbons (Fsp3) is 0.304. The molecule has 0 fully saturated rings. The maximum Gasteiger partial charge on any atom is 0.338 e. The third-order valence-electron chi connectivity index (χ3n) is 4.84. The molecule has 0 amide bonds. The number of halogens is 2. The summed E-state index contributed by atoms with van der Waals surface area (Å²) in [5.74, 6) is 1.62. The third kappa shape index (κ3) is 5.34. The van der Waals surface area contributed by atoms with Gasteiger partial charge in [-0.15, -0.1) is 0 Å². The van der Waals surface area contributed by atoms with E-state index < -0.39 is 12.0 Å². The monoisotopic (exact) mass is 494 g/mol. The number of ether oxygens (including phenoxy) is 3. The lowest BCUT2D eigenvalue weighted by atomic mass is 9.96. The number of hydrogen-bond donors (Lipinski definition) is 1. The Morgan fingerprint density at radius 2 is 1.97 bits per heavy atom. The van der Waals surface area contributed by atoms with Crippen LogP contribution in [0.1, 0.15) is 31.0 Å². The molecular weight excluding hydrogens is 471 g/mol. The highest BCUT2D eigenvalue weighted by Gasteiger charge is 2.32. The summed E-state index contributed by atoms with van der Waals surface area (Å²) in [6.07, 6.45) is 0. The quantitative estimate of drug-likeness (QED) is 0.491. The molecule has 170 valence electrons. The van der Waals surface area contributed by atoms with Crippen LogP contribution in [0.25, 0.3) is 0 Å². The summed E-state index contributed by atoms with van der Waals surface area (Å²) >= 11 is 14.2. The Labute approximate surface area is 201 Å². The summed E-state index contributed by atoms with van der Waals surface area (Å²) in [5, 5.41) is 4.62. The molecule has 1 N–H and O–H groups in total. The van der Waals surface area contributed by atoms with E-state index in [0.717, 1.165) is 17.1 Å². The van der Waals surface area contributed by atoms with Crippen LogP contribution in [0.15, 0.2) is 52.7 Å². The average Bonchev–Trinajstić information content (AvgIpc) is 2.79. The van der Waals surface area contributed by atoms with Crippen LogP contribution in [-0.4, -0.2) is 32.0 Å². The van der Waals surface area contributed by atoms with Crippen molar-refractivity contribution in [2.24, 2.45) is 4.99 Å². The van der Waals surface area contributed by atoms with Crippen LogP contribution < -0.4 is 14.8 Å². The molecule has 0 aromatic heterocycles. The van der Waals surface area contributed by atoms with Gasteiger partial charge in [-0.25, -0.2) is 9.79 Å². The van der Waals surface area contributed by atoms with Crippen molar-refractivity contribution in [1.29, 1.82) is 0 Å². The molecule has 1 heterocycles. The van der Waals surface area contributed by atoms with E-state index in [0.29, 0.717) is 37.8 Å². The highest BCUT2D eigenvalue weighted by atomic mass is 35.5. The fourth-order valence-corrected chi connectivity index (χ4v) is 4.63. The van der Waals surface area contributed by atoms with Crippen molar-refractivity contribution >= 4 is 46.1 Å². The van der Waals surface area contributed by atoms with E-state index in [4.69, 9.17) is 42.4 Å². The Bertz CT molecular complexity index is 1070. The van der Waals surface area contributed by atoms with Crippen LogP contribution in [0.4, 0.5) is 0 Å². The first kappa shape index (κ1) is 24.3. The van der Waals surface area contributed by atoms with Crippen molar-refractivity contribution in [3.05, 3.63) is 68.8 Å². The summed E-state index contributed by atoms with van der Waals surface area (Å²) in [6, 6.07) is 10.3. The number of methoxy groups -OCH3 is 2. The molecule has 1 atom stereocenters. The zero-order chi connectivity index (χ0) is 23.3. The van der Waals surface area contributed by atoms with E-state index in [9.17, 15) is 4.79 Å². The van der Waals surface area contributed by atoms with Gasteiger partial charge in [-0.05, 0) is 38.1 Å². The van der Waals surface area contributed by atoms with Crippen LogP contribution in [0.5, 0.6) is 11.5 Å². The molecule has 0 unspecified atom stereocenters. The zero-order valence-electron chi connectivity index (χ0n) is 18.2. The lowest BCUT2D eigenvalue weighted by Gasteiger charge is -2.26. The number of hydrogen-bond acceptors (Lipinski definition) is 7. The van der Waals surface area contributed by atoms with Crippen molar-refractivity contribution in [3.63, 3.8) is 0 Å². The van der Waals surface area contributed by atoms with Gasteiger partial charge in [0.05, 0.1) is 36.4 Å². The van der Waals surface area contributed by atoms with Crippen molar-refractivity contribution in [3.8, 4) is 11.5 Å². The van der Waals surface area contributed by atoms with Crippen LogP contribution in [0.3, 0.4) is 0 Å². The van der Waals surface area contributed by atoms with E-state index in [1.807, 2.05) is 31.2 Å². The minimum Gasteiger partial charge on any atom is -0.497 e. The van der Waals surface area contributed by atoms with Gasteiger partial charge in [-0.3, -0.25) is 0 Å². The van der Waals surface area contributed by atoms with E-state index in [2.05, 4.69) is 5.32 Å². The molecule has 32 heavy (non-hydrogen) atoms. The van der Waals surface area contributed by atoms with E-state index in [-0.39, 0.29) is 6.61 Å². The molecule has 0 radical (unpaired) electrons. The number of carbonyl (C=O) groups excluding carboxylic acids is 1. The lowest BCUT2D eigenvalue weighted by molar-refractivity contribution is -0.138. The Balaban J connectivity index is 1.95. The predicted molar refractivity (Wildman–Crippen MR) is 130 cm³/mol. The molecule has 0 saturated heterocycles. The van der Waals surface area contributed by atoms with Gasteiger partial charge in [-0.2, -0.15) is 0 Å². The highest BCUT2D eigenvalue weighted by Crippen LogP contribution is 2.39. The van der Waals surface area contributed by atoms with E-state index >= 15 is 0 Å². The van der Waals surface area contributed by atoms with Gasteiger partial charge in [-0.1, -0.05) is 47.1 Å². The topological polar surface area (TPSA) is 69.2 Å². The van der Waals surface area contributed by atoms with Gasteiger partial charge in [0.2, 0.25) is 0 Å². The lowest BCUT2D eigenvalue weighted by Crippen LogP contribution is -2.30. The molecule has 6 nitrogen and oxygen atoms in total. The predicted octanol–water partition coefficient (Wildman–Crippen LogP) is 5.78. The SMILES string of the molecule is CCOC(=O)C1=C(C)NC(SCc2cc(OC)ccc2OC)=N[C@@H]1c1cccc(Cl)c1Cl. The number of amidine groups is 1. The molecule has 3 rings (SSSR count). The van der Waals surface area contributed by atoms with Gasteiger partial charge in [0.25, 0.3) is 0 Å². The minimum atomic E-state index is -0.642. The molecule has 0 spiro atoms. The van der Waals surface area contributed by atoms with E-state index in [1.54, 1.807) is 33.3 Å². The summed E-state index contributed by atoms with van der Waals surface area (Å²) in [4.78, 5) is 17.5. The number of benzene rings is 2. The Morgan fingerprint density at radius 3 is 2.66 bits per heavy atom. The summed E-state index contributed by atoms with van der Waals surface area (Å²) in [7, 11) is 3.25. The Hall–Kier alpha value is -2.35. The summed E-state index contributed by atoms with van der Waals surface area (Å²) < 4.78 is 16.1. The summed E-state index contributed by atoms with van der Waals surface area (Å²) in [6.45, 7) is 3.84. The van der Waals surface area contributed by atoms with Gasteiger partial charge in [0.1, 0.15) is 17.5 Å². The first-order chi connectivity index (χ1) is 15.4. The third-order valence-corrected chi connectivity index (χ3v) is 6.61. The molecule has 2 aromatic rings. The van der Waals surface area contributed by atoms with Crippen molar-refractivity contribution in [1.82, 2.24) is 5.32 Å². The second-order valence-electron chi connectivity index (χ2n) is 6.83. The number of carbonyl (C=O) groups is 1. The smallest absolute Gasteiger partial charge is 0.338 e. The Kier molecular flexibility index (Phi) is 8.34. The second-order valence-corrected chi connectivity index (χ2v) is 8.58. The average molecular weight is 495 g/mol. The number of aliphatic imine (C=N–C) groups is 1. The molecule has 1 aliphatic heterocycles. The number of nitrogens with one attached hydrogen (secondary N) is 1. The van der Waals surface area contributed by atoms with Crippen molar-refractivity contribution in [2.75, 3.05) is 20.8 Å². The molecule has 0 saturated carbocycles. The number of rotatable bonds is 7. The van der Waals surface area contributed by atoms with Crippen molar-refractivity contribution < 1.29 is 19.0 Å². The zero-order valence-corrected chi connectivity index (χ0v) is 20.5. The van der Waals surface area contributed by atoms with E-state index in [1.165, 1.54) is 11.8 Å². The maximum atomic E-state index is 12.7. The minimum absolute atomic E-state index is 0.257. The second kappa shape index (κ2) is 11.0. The molecule has 2 aromatic carbocycles. The first-order valence-corrected chi connectivity index (χ1v) is 11.6. The molecule has 0 bridgehead atoms. The van der Waals surface area contributed by atoms with Gasteiger partial charge < -0.3 is 19.5 Å². The van der Waals surface area contributed by atoms with Crippen LogP contribution in [0, 0.1) is 0 Å². The fourth-order valence-electron chi connectivity index (χ4n) is 3.29. The largest absolute Gasteiger partial charge is 0.497 e. The summed E-state index contributed by atoms with van der Waals surface area (Å²) in [5.41, 5.74) is 2.65.